The Hall–Kier alpha value is -3.30. The van der Waals surface area contributed by atoms with E-state index in [9.17, 15) is 24.3 Å². The summed E-state index contributed by atoms with van der Waals surface area (Å²) in [4.78, 5) is 53.5. The first-order chi connectivity index (χ1) is 19.4. The molecular formula is C31H47N3O7. The van der Waals surface area contributed by atoms with Gasteiger partial charge in [0.1, 0.15) is 11.4 Å². The van der Waals surface area contributed by atoms with Crippen molar-refractivity contribution in [3.63, 3.8) is 0 Å². The Morgan fingerprint density at radius 2 is 1.71 bits per heavy atom. The molecule has 41 heavy (non-hydrogen) atoms. The number of carbonyl (C=O) groups excluding carboxylic acids is 3. The van der Waals surface area contributed by atoms with Crippen LogP contribution in [-0.2, 0) is 25.5 Å². The largest absolute Gasteiger partial charge is 0.497 e. The molecular weight excluding hydrogens is 526 g/mol. The van der Waals surface area contributed by atoms with E-state index in [1.165, 1.54) is 0 Å². The van der Waals surface area contributed by atoms with E-state index in [0.717, 1.165) is 37.0 Å². The number of carbonyl (C=O) groups is 4. The fourth-order valence-corrected chi connectivity index (χ4v) is 5.52. The van der Waals surface area contributed by atoms with Crippen LogP contribution in [0.1, 0.15) is 77.7 Å². The zero-order valence-electron chi connectivity index (χ0n) is 25.0. The number of carboxylic acids is 1. The fraction of sp³-hybridized carbons (Fsp3) is 0.677. The van der Waals surface area contributed by atoms with Crippen molar-refractivity contribution in [3.8, 4) is 5.75 Å². The third kappa shape index (κ3) is 10.9. The lowest BCUT2D eigenvalue weighted by atomic mass is 9.91. The maximum Gasteiger partial charge on any atom is 0.410 e. The number of rotatable bonds is 11. The van der Waals surface area contributed by atoms with Gasteiger partial charge in [0, 0.05) is 38.6 Å². The van der Waals surface area contributed by atoms with Gasteiger partial charge in [0.2, 0.25) is 11.8 Å². The van der Waals surface area contributed by atoms with Gasteiger partial charge >= 0.3 is 12.1 Å². The smallest absolute Gasteiger partial charge is 0.410 e. The van der Waals surface area contributed by atoms with Gasteiger partial charge in [-0.1, -0.05) is 12.1 Å². The number of nitrogens with one attached hydrogen (secondary N) is 1. The molecule has 0 bridgehead atoms. The molecule has 2 saturated heterocycles. The number of aliphatic carboxylic acids is 1. The van der Waals surface area contributed by atoms with Crippen LogP contribution in [0.5, 0.6) is 5.75 Å². The van der Waals surface area contributed by atoms with Crippen LogP contribution >= 0.6 is 0 Å². The Labute approximate surface area is 243 Å². The number of likely N-dealkylation sites (tertiary alicyclic amines) is 2. The molecule has 0 unspecified atom stereocenters. The minimum absolute atomic E-state index is 0.0543. The van der Waals surface area contributed by atoms with Crippen LogP contribution in [0, 0.1) is 11.8 Å². The van der Waals surface area contributed by atoms with Crippen molar-refractivity contribution in [1.82, 2.24) is 15.1 Å². The molecule has 2 fully saturated rings. The number of methoxy groups -OCH3 is 1. The number of hydrogen-bond acceptors (Lipinski definition) is 6. The maximum absolute atomic E-state index is 13.1. The highest BCUT2D eigenvalue weighted by atomic mass is 16.6. The maximum atomic E-state index is 13.1. The average Bonchev–Trinajstić information content (AvgIpc) is 2.94. The first-order valence-corrected chi connectivity index (χ1v) is 14.8. The standard InChI is InChI=1S/C31H47N3O7/c1-31(2,3)41-30(39)33-18-15-23(16-19-33)10-14-27(35)34-17-5-6-24(21-34)29(38)32-25(20-28(36)37)11-7-22-8-12-26(40-4)13-9-22/h8-9,12-13,23-25H,5-7,10-11,14-21H2,1-4H3,(H,32,38)(H,36,37)/t24-,25-/m1/s1. The molecule has 2 aliphatic rings. The van der Waals surface area contributed by atoms with Crippen molar-refractivity contribution in [1.29, 1.82) is 0 Å². The predicted molar refractivity (Wildman–Crippen MR) is 155 cm³/mol. The lowest BCUT2D eigenvalue weighted by Gasteiger charge is -2.35. The van der Waals surface area contributed by atoms with E-state index in [1.807, 2.05) is 45.0 Å². The van der Waals surface area contributed by atoms with Gasteiger partial charge in [0.15, 0.2) is 0 Å². The number of benzene rings is 1. The molecule has 2 N–H and O–H groups in total. The molecule has 1 aromatic carbocycles. The monoisotopic (exact) mass is 573 g/mol. The summed E-state index contributed by atoms with van der Waals surface area (Å²) < 4.78 is 10.6. The van der Waals surface area contributed by atoms with Crippen molar-refractivity contribution < 1.29 is 33.8 Å². The molecule has 0 spiro atoms. The van der Waals surface area contributed by atoms with Gasteiger partial charge in [-0.15, -0.1) is 0 Å². The second kappa shape index (κ2) is 15.1. The van der Waals surface area contributed by atoms with Gasteiger partial charge in [0.05, 0.1) is 19.4 Å². The third-order valence-corrected chi connectivity index (χ3v) is 7.89. The van der Waals surface area contributed by atoms with Crippen molar-refractivity contribution in [2.24, 2.45) is 11.8 Å². The Balaban J connectivity index is 1.43. The summed E-state index contributed by atoms with van der Waals surface area (Å²) in [6, 6.07) is 7.11. The van der Waals surface area contributed by atoms with E-state index in [0.29, 0.717) is 57.8 Å². The van der Waals surface area contributed by atoms with Gasteiger partial charge in [-0.25, -0.2) is 4.79 Å². The summed E-state index contributed by atoms with van der Waals surface area (Å²) in [6.07, 6.45) is 5.01. The predicted octanol–water partition coefficient (Wildman–Crippen LogP) is 4.25. The highest BCUT2D eigenvalue weighted by Gasteiger charge is 2.31. The summed E-state index contributed by atoms with van der Waals surface area (Å²) in [5.41, 5.74) is 0.526. The summed E-state index contributed by atoms with van der Waals surface area (Å²) in [5.74, 6) is -0.297. The van der Waals surface area contributed by atoms with Crippen LogP contribution in [0.15, 0.2) is 24.3 Å². The number of amides is 3. The summed E-state index contributed by atoms with van der Waals surface area (Å²) in [7, 11) is 1.60. The fourth-order valence-electron chi connectivity index (χ4n) is 5.52. The third-order valence-electron chi connectivity index (χ3n) is 7.89. The zero-order valence-corrected chi connectivity index (χ0v) is 25.0. The van der Waals surface area contributed by atoms with Crippen molar-refractivity contribution in [2.75, 3.05) is 33.3 Å². The molecule has 0 saturated carbocycles. The van der Waals surface area contributed by atoms with Gasteiger partial charge in [-0.2, -0.15) is 0 Å². The van der Waals surface area contributed by atoms with Crippen molar-refractivity contribution >= 4 is 23.9 Å². The molecule has 0 aliphatic carbocycles. The number of carboxylic acid groups (broad SMARTS) is 1. The van der Waals surface area contributed by atoms with Crippen LogP contribution < -0.4 is 10.1 Å². The topological polar surface area (TPSA) is 125 Å². The molecule has 2 atom stereocenters. The zero-order chi connectivity index (χ0) is 30.0. The Kier molecular flexibility index (Phi) is 11.8. The van der Waals surface area contributed by atoms with Crippen molar-refractivity contribution in [3.05, 3.63) is 29.8 Å². The van der Waals surface area contributed by atoms with Crippen LogP contribution in [0.2, 0.25) is 0 Å². The number of hydrogen-bond donors (Lipinski definition) is 2. The molecule has 2 aliphatic heterocycles. The molecule has 10 nitrogen and oxygen atoms in total. The number of nitrogens with zero attached hydrogens (tertiary/aromatic N) is 2. The number of piperidine rings is 2. The van der Waals surface area contributed by atoms with Crippen molar-refractivity contribution in [2.45, 2.75) is 90.2 Å². The summed E-state index contributed by atoms with van der Waals surface area (Å²) >= 11 is 0. The number of ether oxygens (including phenoxy) is 2. The van der Waals surface area contributed by atoms with E-state index < -0.39 is 17.6 Å². The first kappa shape index (κ1) is 32.2. The molecule has 3 rings (SSSR count). The quantitative estimate of drug-likeness (QED) is 0.405. The van der Waals surface area contributed by atoms with E-state index in [-0.39, 0.29) is 30.2 Å². The second-order valence-electron chi connectivity index (χ2n) is 12.3. The Morgan fingerprint density at radius 1 is 1.02 bits per heavy atom. The van der Waals surface area contributed by atoms with Gasteiger partial charge < -0.3 is 29.7 Å². The summed E-state index contributed by atoms with van der Waals surface area (Å²) in [5, 5.41) is 12.4. The molecule has 3 amide bonds. The first-order valence-electron chi connectivity index (χ1n) is 14.8. The average molecular weight is 574 g/mol. The van der Waals surface area contributed by atoms with E-state index >= 15 is 0 Å². The van der Waals surface area contributed by atoms with Gasteiger partial charge in [0.25, 0.3) is 0 Å². The second-order valence-corrected chi connectivity index (χ2v) is 12.3. The molecule has 1 aromatic rings. The van der Waals surface area contributed by atoms with Gasteiger partial charge in [-0.3, -0.25) is 14.4 Å². The minimum Gasteiger partial charge on any atom is -0.497 e. The van der Waals surface area contributed by atoms with E-state index in [2.05, 4.69) is 5.32 Å². The van der Waals surface area contributed by atoms with Crippen LogP contribution in [0.3, 0.4) is 0 Å². The lowest BCUT2D eigenvalue weighted by molar-refractivity contribution is -0.138. The van der Waals surface area contributed by atoms with Crippen LogP contribution in [-0.4, -0.2) is 83.7 Å². The summed E-state index contributed by atoms with van der Waals surface area (Å²) in [6.45, 7) is 7.84. The highest BCUT2D eigenvalue weighted by molar-refractivity contribution is 5.82. The van der Waals surface area contributed by atoms with E-state index in [4.69, 9.17) is 9.47 Å². The Morgan fingerprint density at radius 3 is 2.32 bits per heavy atom. The molecule has 228 valence electrons. The number of aryl methyl sites for hydroxylation is 1. The SMILES string of the molecule is COc1ccc(CC[C@H](CC(=O)O)NC(=O)[C@@H]2CCCN(C(=O)CCC3CCN(C(=O)OC(C)(C)C)CC3)C2)cc1. The lowest BCUT2D eigenvalue weighted by Crippen LogP contribution is -2.48. The molecule has 0 radical (unpaired) electrons. The minimum atomic E-state index is -0.956. The van der Waals surface area contributed by atoms with Gasteiger partial charge in [-0.05, 0) is 89.3 Å². The molecule has 10 heteroatoms. The van der Waals surface area contributed by atoms with E-state index in [1.54, 1.807) is 16.9 Å². The molecule has 0 aromatic heterocycles. The highest BCUT2D eigenvalue weighted by Crippen LogP contribution is 2.25. The Bertz CT molecular complexity index is 1030. The normalized spacial score (nSPS) is 18.9. The van der Waals surface area contributed by atoms with Crippen LogP contribution in [0.4, 0.5) is 4.79 Å². The van der Waals surface area contributed by atoms with Crippen LogP contribution in [0.25, 0.3) is 0 Å². The molecule has 2 heterocycles.